The Morgan fingerprint density at radius 2 is 0.909 bits per heavy atom. The van der Waals surface area contributed by atoms with Crippen molar-refractivity contribution in [1.29, 1.82) is 0 Å². The molecule has 2 aliphatic rings. The lowest BCUT2D eigenvalue weighted by Crippen LogP contribution is -2.35. The van der Waals surface area contributed by atoms with Gasteiger partial charge in [-0.3, -0.25) is 0 Å². The first-order chi connectivity index (χ1) is 21.7. The highest BCUT2D eigenvalue weighted by molar-refractivity contribution is 8.26. The van der Waals surface area contributed by atoms with E-state index in [1.807, 2.05) is 12.1 Å². The van der Waals surface area contributed by atoms with Gasteiger partial charge >= 0.3 is 0 Å². The van der Waals surface area contributed by atoms with E-state index in [0.29, 0.717) is 0 Å². The summed E-state index contributed by atoms with van der Waals surface area (Å²) in [5.41, 5.74) is 6.77. The molecule has 0 saturated heterocycles. The van der Waals surface area contributed by atoms with Crippen LogP contribution in [0.15, 0.2) is 152 Å². The molecule has 0 fully saturated rings. The average Bonchev–Trinajstić information content (AvgIpc) is 3.08. The molecule has 2 nitrogen and oxygen atoms in total. The lowest BCUT2D eigenvalue weighted by atomic mass is 9.93. The first-order valence-electron chi connectivity index (χ1n) is 14.7. The average molecular weight is 601 g/mol. The Morgan fingerprint density at radius 1 is 0.386 bits per heavy atom. The molecule has 1 atom stereocenters. The Labute approximate surface area is 261 Å². The Kier molecular flexibility index (Phi) is 5.68. The molecule has 0 radical (unpaired) electrons. The molecule has 0 bridgehead atoms. The van der Waals surface area contributed by atoms with Crippen LogP contribution < -0.4 is 25.4 Å². The van der Waals surface area contributed by atoms with Gasteiger partial charge in [-0.2, -0.15) is 0 Å². The van der Waals surface area contributed by atoms with Crippen molar-refractivity contribution in [2.75, 3.05) is 0 Å². The van der Waals surface area contributed by atoms with Crippen LogP contribution in [0, 0.1) is 0 Å². The van der Waals surface area contributed by atoms with Gasteiger partial charge in [-0.05, 0) is 92.7 Å². The molecule has 2 heterocycles. The largest absolute Gasteiger partial charge is 0.456 e. The van der Waals surface area contributed by atoms with Crippen LogP contribution in [0.2, 0.25) is 0 Å². The summed E-state index contributed by atoms with van der Waals surface area (Å²) in [5, 5.41) is 5.50. The summed E-state index contributed by atoms with van der Waals surface area (Å²) in [6.45, 7) is 0. The maximum absolute atomic E-state index is 6.87. The Bertz CT molecular complexity index is 2240. The number of hydrogen-bond acceptors (Lipinski definition) is 3. The van der Waals surface area contributed by atoms with Gasteiger partial charge in [-0.1, -0.05) is 115 Å². The van der Waals surface area contributed by atoms with E-state index in [2.05, 4.69) is 140 Å². The molecule has 9 rings (SSSR count). The van der Waals surface area contributed by atoms with Gasteiger partial charge in [-0.15, -0.1) is 0 Å². The quantitative estimate of drug-likeness (QED) is 0.188. The van der Waals surface area contributed by atoms with E-state index in [1.54, 1.807) is 0 Å². The van der Waals surface area contributed by atoms with Crippen LogP contribution in [-0.2, 0) is 11.8 Å². The molecule has 0 aromatic heterocycles. The molecule has 4 heteroatoms. The topological polar surface area (TPSA) is 18.5 Å². The van der Waals surface area contributed by atoms with Crippen molar-refractivity contribution >= 4 is 44.5 Å². The summed E-state index contributed by atoms with van der Waals surface area (Å²) in [6, 6.07) is 50.6. The molecular formula is C40H25O2PS. The second-order valence-corrected chi connectivity index (χ2v) is 15.5. The number of para-hydroxylation sites is 1. The van der Waals surface area contributed by atoms with E-state index in [9.17, 15) is 0 Å². The number of fused-ring (bicyclic) bond motifs is 6. The van der Waals surface area contributed by atoms with Crippen LogP contribution in [0.25, 0.3) is 44.2 Å². The van der Waals surface area contributed by atoms with Gasteiger partial charge in [0, 0.05) is 10.6 Å². The van der Waals surface area contributed by atoms with Gasteiger partial charge in [0.2, 0.25) is 0 Å². The predicted molar refractivity (Wildman–Crippen MR) is 186 cm³/mol. The van der Waals surface area contributed by atoms with Crippen LogP contribution in [0.3, 0.4) is 0 Å². The van der Waals surface area contributed by atoms with Gasteiger partial charge in [-0.25, -0.2) is 0 Å². The first kappa shape index (κ1) is 25.5. The zero-order valence-corrected chi connectivity index (χ0v) is 25.3. The fraction of sp³-hybridized carbons (Fsp3) is 0. The second kappa shape index (κ2) is 9.79. The second-order valence-electron chi connectivity index (χ2n) is 11.3. The fourth-order valence-corrected chi connectivity index (χ4v) is 11.4. The zero-order chi connectivity index (χ0) is 29.3. The van der Waals surface area contributed by atoms with Crippen LogP contribution in [-0.4, -0.2) is 0 Å². The van der Waals surface area contributed by atoms with Crippen LogP contribution >= 0.6 is 6.04 Å². The highest BCUT2D eigenvalue weighted by Gasteiger charge is 2.43. The highest BCUT2D eigenvalue weighted by atomic mass is 32.4. The Hall–Kier alpha value is -4.95. The number of hydrogen-bond donors (Lipinski definition) is 0. The lowest BCUT2D eigenvalue weighted by Gasteiger charge is -2.38. The van der Waals surface area contributed by atoms with Crippen LogP contribution in [0.1, 0.15) is 0 Å². The molecule has 0 aliphatic carbocycles. The standard InChI is InChI=1S/C40H25O2PS/c44-43-38-18-10-9-17-34(38)41-36-24-32(25-37(40(36)43)42-35-20-19-28-15-7-8-16-33(28)39(35)43)31-22-29(26-11-3-1-4-12-26)21-30(23-31)27-13-5-2-6-14-27/h1-25H. The van der Waals surface area contributed by atoms with Gasteiger partial charge in [0.15, 0.2) is 0 Å². The van der Waals surface area contributed by atoms with Gasteiger partial charge < -0.3 is 9.47 Å². The predicted octanol–water partition coefficient (Wildman–Crippen LogP) is 9.81. The number of rotatable bonds is 3. The fourth-order valence-electron chi connectivity index (χ4n) is 6.64. The molecule has 44 heavy (non-hydrogen) atoms. The number of benzene rings is 7. The van der Waals surface area contributed by atoms with Crippen molar-refractivity contribution in [2.45, 2.75) is 0 Å². The van der Waals surface area contributed by atoms with E-state index in [1.165, 1.54) is 11.1 Å². The third-order valence-corrected chi connectivity index (χ3v) is 13.6. The maximum Gasteiger partial charge on any atom is 0.140 e. The van der Waals surface area contributed by atoms with E-state index in [-0.39, 0.29) is 0 Å². The summed E-state index contributed by atoms with van der Waals surface area (Å²) >= 11 is 6.87. The molecule has 208 valence electrons. The molecule has 0 N–H and O–H groups in total. The third-order valence-electron chi connectivity index (χ3n) is 8.66. The van der Waals surface area contributed by atoms with Crippen LogP contribution in [0.4, 0.5) is 0 Å². The van der Waals surface area contributed by atoms with Crippen molar-refractivity contribution in [1.82, 2.24) is 0 Å². The highest BCUT2D eigenvalue weighted by Crippen LogP contribution is 2.60. The molecule has 0 amide bonds. The smallest absolute Gasteiger partial charge is 0.140 e. The molecule has 2 aliphatic heterocycles. The summed E-state index contributed by atoms with van der Waals surface area (Å²) in [4.78, 5) is 0. The van der Waals surface area contributed by atoms with Gasteiger partial charge in [0.25, 0.3) is 0 Å². The van der Waals surface area contributed by atoms with E-state index in [0.717, 1.165) is 71.9 Å². The van der Waals surface area contributed by atoms with E-state index in [4.69, 9.17) is 21.3 Å². The normalized spacial score (nSPS) is 15.8. The SMILES string of the molecule is S=P12c3ccccc3Oc3cc(-c4cc(-c5ccccc5)cc(-c5ccccc5)c4)cc(c31)Oc1ccc3ccccc3c12. The molecule has 7 aromatic rings. The van der Waals surface area contributed by atoms with E-state index >= 15 is 0 Å². The minimum Gasteiger partial charge on any atom is -0.456 e. The first-order valence-corrected chi connectivity index (χ1v) is 17.5. The molecule has 7 aromatic carbocycles. The maximum atomic E-state index is 6.87. The van der Waals surface area contributed by atoms with Crippen molar-refractivity contribution in [3.8, 4) is 56.4 Å². The van der Waals surface area contributed by atoms with Crippen molar-refractivity contribution in [3.63, 3.8) is 0 Å². The summed E-state index contributed by atoms with van der Waals surface area (Å²) < 4.78 is 13.5. The lowest BCUT2D eigenvalue weighted by molar-refractivity contribution is 0.467. The number of ether oxygens (including phenoxy) is 2. The van der Waals surface area contributed by atoms with Crippen LogP contribution in [0.5, 0.6) is 23.0 Å². The monoisotopic (exact) mass is 600 g/mol. The minimum atomic E-state index is -2.50. The van der Waals surface area contributed by atoms with Gasteiger partial charge in [0.05, 0.1) is 11.3 Å². The molecule has 0 saturated carbocycles. The summed E-state index contributed by atoms with van der Waals surface area (Å²) in [7, 11) is 0. The molecular weight excluding hydrogens is 575 g/mol. The van der Waals surface area contributed by atoms with E-state index < -0.39 is 6.04 Å². The zero-order valence-electron chi connectivity index (χ0n) is 23.6. The van der Waals surface area contributed by atoms with Gasteiger partial charge in [0.1, 0.15) is 23.0 Å². The molecule has 0 spiro atoms. The summed E-state index contributed by atoms with van der Waals surface area (Å²) in [5.74, 6) is 3.23. The Morgan fingerprint density at radius 3 is 1.59 bits per heavy atom. The minimum absolute atomic E-state index is 0.782. The van der Waals surface area contributed by atoms with Crippen molar-refractivity contribution < 1.29 is 9.47 Å². The summed E-state index contributed by atoms with van der Waals surface area (Å²) in [6.07, 6.45) is 0. The molecule has 1 unspecified atom stereocenters. The Balaban J connectivity index is 1.30. The third kappa shape index (κ3) is 3.84. The van der Waals surface area contributed by atoms with Crippen molar-refractivity contribution in [2.24, 2.45) is 0 Å². The van der Waals surface area contributed by atoms with Crippen molar-refractivity contribution in [3.05, 3.63) is 152 Å².